The second-order valence-electron chi connectivity index (χ2n) is 4.59. The summed E-state index contributed by atoms with van der Waals surface area (Å²) in [6, 6.07) is -0.236. The number of nitrogens with zero attached hydrogens (tertiary/aromatic N) is 1. The van der Waals surface area contributed by atoms with Gasteiger partial charge in [-0.1, -0.05) is 0 Å². The van der Waals surface area contributed by atoms with Crippen molar-refractivity contribution in [1.82, 2.24) is 10.3 Å². The maximum atomic E-state index is 12.1. The summed E-state index contributed by atoms with van der Waals surface area (Å²) in [6.45, 7) is 5.12. The van der Waals surface area contributed by atoms with E-state index in [2.05, 4.69) is 10.3 Å². The molecule has 6 heteroatoms. The SMILES string of the molecule is Cc1cnc(CNC(=O)C2(C)COCC2N)s1. The Morgan fingerprint density at radius 1 is 1.82 bits per heavy atom. The highest BCUT2D eigenvalue weighted by molar-refractivity contribution is 7.11. The fraction of sp³-hybridized carbons (Fsp3) is 0.636. The summed E-state index contributed by atoms with van der Waals surface area (Å²) in [7, 11) is 0. The first-order chi connectivity index (χ1) is 8.02. The number of hydrogen-bond donors (Lipinski definition) is 2. The fourth-order valence-electron chi connectivity index (χ4n) is 1.76. The minimum atomic E-state index is -0.619. The number of aromatic nitrogens is 1. The number of nitrogens with one attached hydrogen (secondary N) is 1. The highest BCUT2D eigenvalue weighted by atomic mass is 32.1. The van der Waals surface area contributed by atoms with Crippen LogP contribution < -0.4 is 11.1 Å². The Hall–Kier alpha value is -0.980. The van der Waals surface area contributed by atoms with Gasteiger partial charge in [-0.15, -0.1) is 11.3 Å². The van der Waals surface area contributed by atoms with E-state index in [0.717, 1.165) is 9.88 Å². The van der Waals surface area contributed by atoms with Crippen LogP contribution in [0, 0.1) is 12.3 Å². The molecule has 2 rings (SSSR count). The number of carbonyl (C=O) groups excluding carboxylic acids is 1. The van der Waals surface area contributed by atoms with Crippen LogP contribution in [-0.2, 0) is 16.1 Å². The van der Waals surface area contributed by atoms with Crippen LogP contribution in [0.5, 0.6) is 0 Å². The average Bonchev–Trinajstić information content (AvgIpc) is 2.84. The zero-order valence-electron chi connectivity index (χ0n) is 10.0. The van der Waals surface area contributed by atoms with Crippen LogP contribution in [0.4, 0.5) is 0 Å². The Morgan fingerprint density at radius 2 is 2.59 bits per heavy atom. The summed E-state index contributed by atoms with van der Waals surface area (Å²) >= 11 is 1.58. The summed E-state index contributed by atoms with van der Waals surface area (Å²) in [4.78, 5) is 17.4. The molecule has 1 fully saturated rings. The monoisotopic (exact) mass is 255 g/mol. The Balaban J connectivity index is 1.93. The first-order valence-electron chi connectivity index (χ1n) is 5.55. The van der Waals surface area contributed by atoms with E-state index in [1.807, 2.05) is 13.8 Å². The molecule has 1 aromatic heterocycles. The molecule has 1 aliphatic rings. The molecule has 1 amide bonds. The van der Waals surface area contributed by atoms with Crippen molar-refractivity contribution in [3.8, 4) is 0 Å². The van der Waals surface area contributed by atoms with E-state index in [1.54, 1.807) is 17.5 Å². The molecule has 1 aliphatic heterocycles. The van der Waals surface area contributed by atoms with Crippen LogP contribution in [0.2, 0.25) is 0 Å². The minimum absolute atomic E-state index is 0.0599. The average molecular weight is 255 g/mol. The lowest BCUT2D eigenvalue weighted by Gasteiger charge is -2.25. The molecule has 0 aromatic carbocycles. The molecule has 0 saturated carbocycles. The maximum absolute atomic E-state index is 12.1. The number of rotatable bonds is 3. The van der Waals surface area contributed by atoms with Crippen LogP contribution in [0.15, 0.2) is 6.20 Å². The number of thiazole rings is 1. The van der Waals surface area contributed by atoms with Crippen molar-refractivity contribution in [1.29, 1.82) is 0 Å². The Kier molecular flexibility index (Phi) is 3.46. The molecule has 1 saturated heterocycles. The maximum Gasteiger partial charge on any atom is 0.230 e. The normalized spacial score (nSPS) is 28.3. The lowest BCUT2D eigenvalue weighted by Crippen LogP contribution is -2.49. The van der Waals surface area contributed by atoms with E-state index in [4.69, 9.17) is 10.5 Å². The third-order valence-corrected chi connectivity index (χ3v) is 4.02. The molecule has 94 valence electrons. The van der Waals surface area contributed by atoms with Gasteiger partial charge >= 0.3 is 0 Å². The van der Waals surface area contributed by atoms with Crippen molar-refractivity contribution >= 4 is 17.2 Å². The number of hydrogen-bond acceptors (Lipinski definition) is 5. The zero-order valence-corrected chi connectivity index (χ0v) is 10.8. The van der Waals surface area contributed by atoms with Crippen LogP contribution >= 0.6 is 11.3 Å². The molecule has 2 unspecified atom stereocenters. The van der Waals surface area contributed by atoms with Crippen LogP contribution in [0.3, 0.4) is 0 Å². The van der Waals surface area contributed by atoms with Gasteiger partial charge < -0.3 is 15.8 Å². The van der Waals surface area contributed by atoms with E-state index in [1.165, 1.54) is 0 Å². The van der Waals surface area contributed by atoms with Gasteiger partial charge in [0.25, 0.3) is 0 Å². The summed E-state index contributed by atoms with van der Waals surface area (Å²) in [6.07, 6.45) is 1.80. The lowest BCUT2D eigenvalue weighted by molar-refractivity contribution is -0.130. The topological polar surface area (TPSA) is 77.2 Å². The van der Waals surface area contributed by atoms with Crippen molar-refractivity contribution < 1.29 is 9.53 Å². The van der Waals surface area contributed by atoms with Gasteiger partial charge in [0, 0.05) is 17.1 Å². The van der Waals surface area contributed by atoms with E-state index in [0.29, 0.717) is 19.8 Å². The smallest absolute Gasteiger partial charge is 0.230 e. The van der Waals surface area contributed by atoms with Gasteiger partial charge in [0.2, 0.25) is 5.91 Å². The van der Waals surface area contributed by atoms with Crippen LogP contribution in [-0.4, -0.2) is 30.1 Å². The van der Waals surface area contributed by atoms with Gasteiger partial charge in [-0.2, -0.15) is 0 Å². The predicted molar refractivity (Wildman–Crippen MR) is 65.6 cm³/mol. The number of nitrogens with two attached hydrogens (primary N) is 1. The molecule has 0 bridgehead atoms. The summed E-state index contributed by atoms with van der Waals surface area (Å²) in [5.74, 6) is -0.0599. The number of carbonyl (C=O) groups is 1. The molecule has 2 atom stereocenters. The minimum Gasteiger partial charge on any atom is -0.379 e. The first-order valence-corrected chi connectivity index (χ1v) is 6.37. The molecular weight excluding hydrogens is 238 g/mol. The molecule has 0 spiro atoms. The highest BCUT2D eigenvalue weighted by Crippen LogP contribution is 2.27. The van der Waals surface area contributed by atoms with E-state index >= 15 is 0 Å². The molecular formula is C11H17N3O2S. The van der Waals surface area contributed by atoms with Crippen molar-refractivity contribution in [2.45, 2.75) is 26.4 Å². The van der Waals surface area contributed by atoms with Crippen LogP contribution in [0.1, 0.15) is 16.8 Å². The van der Waals surface area contributed by atoms with Gasteiger partial charge in [-0.05, 0) is 13.8 Å². The van der Waals surface area contributed by atoms with Gasteiger partial charge in [-0.25, -0.2) is 4.98 Å². The zero-order chi connectivity index (χ0) is 12.5. The van der Waals surface area contributed by atoms with Crippen molar-refractivity contribution in [2.24, 2.45) is 11.1 Å². The van der Waals surface area contributed by atoms with Gasteiger partial charge in [0.15, 0.2) is 0 Å². The Morgan fingerprint density at radius 3 is 3.12 bits per heavy atom. The second-order valence-corrected chi connectivity index (χ2v) is 5.91. The van der Waals surface area contributed by atoms with Gasteiger partial charge in [-0.3, -0.25) is 4.79 Å². The molecule has 17 heavy (non-hydrogen) atoms. The third kappa shape index (κ3) is 2.48. The highest BCUT2D eigenvalue weighted by Gasteiger charge is 2.44. The summed E-state index contributed by atoms with van der Waals surface area (Å²) < 4.78 is 5.25. The third-order valence-electron chi connectivity index (χ3n) is 3.11. The van der Waals surface area contributed by atoms with Crippen molar-refractivity contribution in [3.05, 3.63) is 16.1 Å². The van der Waals surface area contributed by atoms with Crippen molar-refractivity contribution in [3.63, 3.8) is 0 Å². The first kappa shape index (κ1) is 12.5. The Labute approximate surface area is 104 Å². The molecule has 5 nitrogen and oxygen atoms in total. The summed E-state index contributed by atoms with van der Waals surface area (Å²) in [5, 5.41) is 3.78. The van der Waals surface area contributed by atoms with E-state index < -0.39 is 5.41 Å². The number of ether oxygens (including phenoxy) is 1. The van der Waals surface area contributed by atoms with E-state index in [-0.39, 0.29) is 11.9 Å². The van der Waals surface area contributed by atoms with Crippen LogP contribution in [0.25, 0.3) is 0 Å². The quantitative estimate of drug-likeness (QED) is 0.821. The van der Waals surface area contributed by atoms with Gasteiger partial charge in [0.05, 0.1) is 25.2 Å². The molecule has 3 N–H and O–H groups in total. The Bertz CT molecular complexity index is 421. The lowest BCUT2D eigenvalue weighted by atomic mass is 9.85. The second kappa shape index (κ2) is 4.72. The van der Waals surface area contributed by atoms with Crippen molar-refractivity contribution in [2.75, 3.05) is 13.2 Å². The van der Waals surface area contributed by atoms with Gasteiger partial charge in [0.1, 0.15) is 5.01 Å². The molecule has 0 radical (unpaired) electrons. The number of amides is 1. The van der Waals surface area contributed by atoms with E-state index in [9.17, 15) is 4.79 Å². The number of aryl methyl sites for hydroxylation is 1. The standard InChI is InChI=1S/C11H17N3O2S/c1-7-3-13-9(17-7)4-14-10(15)11(2)6-16-5-8(11)12/h3,8H,4-6,12H2,1-2H3,(H,14,15). The molecule has 2 heterocycles. The predicted octanol–water partition coefficient (Wildman–Crippen LogP) is 0.432. The molecule has 1 aromatic rings. The largest absolute Gasteiger partial charge is 0.379 e. The fourth-order valence-corrected chi connectivity index (χ4v) is 2.49. The molecule has 0 aliphatic carbocycles. The summed E-state index contributed by atoms with van der Waals surface area (Å²) in [5.41, 5.74) is 5.27.